The Morgan fingerprint density at radius 3 is 1.80 bits per heavy atom. The number of benzene rings is 1. The van der Waals surface area contributed by atoms with E-state index in [0.717, 1.165) is 21.5 Å². The lowest BCUT2D eigenvalue weighted by molar-refractivity contribution is 0.385. The van der Waals surface area contributed by atoms with E-state index >= 15 is 0 Å². The molecule has 0 amide bonds. The highest BCUT2D eigenvalue weighted by atomic mass is 79.9. The molecule has 0 unspecified atom stereocenters. The third kappa shape index (κ3) is 2.63. The second-order valence-electron chi connectivity index (χ2n) is 3.92. The summed E-state index contributed by atoms with van der Waals surface area (Å²) >= 11 is 3.41. The topological polar surface area (TPSA) is 44.5 Å². The minimum absolute atomic E-state index is 0.415. The fourth-order valence-electron chi connectivity index (χ4n) is 1.24. The molecule has 1 rings (SSSR count). The molecule has 0 saturated heterocycles. The Labute approximate surface area is 98.7 Å². The van der Waals surface area contributed by atoms with Crippen molar-refractivity contribution in [2.24, 2.45) is 5.73 Å². The molecule has 0 atom stereocenters. The molecule has 4 heteroatoms. The number of hydrogen-bond acceptors (Lipinski definition) is 3. The molecule has 1 aromatic rings. The van der Waals surface area contributed by atoms with E-state index in [1.807, 2.05) is 26.0 Å². The highest BCUT2D eigenvalue weighted by Gasteiger charge is 2.19. The summed E-state index contributed by atoms with van der Waals surface area (Å²) < 4.78 is 11.3. The van der Waals surface area contributed by atoms with Gasteiger partial charge in [-0.05, 0) is 47.5 Å². The molecular formula is C11H16BrNO2. The van der Waals surface area contributed by atoms with Crippen molar-refractivity contribution >= 4 is 15.9 Å². The zero-order valence-electron chi connectivity index (χ0n) is 9.43. The van der Waals surface area contributed by atoms with E-state index in [0.29, 0.717) is 0 Å². The Balaban J connectivity index is 3.33. The predicted molar refractivity (Wildman–Crippen MR) is 64.5 cm³/mol. The van der Waals surface area contributed by atoms with Gasteiger partial charge < -0.3 is 15.2 Å². The maximum Gasteiger partial charge on any atom is 0.137 e. The van der Waals surface area contributed by atoms with E-state index in [1.165, 1.54) is 0 Å². The van der Waals surface area contributed by atoms with Gasteiger partial charge in [0.05, 0.1) is 14.2 Å². The number of halogens is 1. The lowest BCUT2D eigenvalue weighted by Gasteiger charge is -2.21. The Morgan fingerprint density at radius 1 is 1.13 bits per heavy atom. The number of ether oxygens (including phenoxy) is 2. The van der Waals surface area contributed by atoms with Gasteiger partial charge in [0.25, 0.3) is 0 Å². The van der Waals surface area contributed by atoms with E-state index in [1.54, 1.807) is 14.2 Å². The van der Waals surface area contributed by atoms with Crippen LogP contribution in [-0.4, -0.2) is 14.2 Å². The Kier molecular flexibility index (Phi) is 3.62. The van der Waals surface area contributed by atoms with E-state index in [-0.39, 0.29) is 0 Å². The molecule has 3 nitrogen and oxygen atoms in total. The lowest BCUT2D eigenvalue weighted by Crippen LogP contribution is -2.28. The van der Waals surface area contributed by atoms with Crippen LogP contribution in [0.2, 0.25) is 0 Å². The van der Waals surface area contributed by atoms with Gasteiger partial charge in [0.15, 0.2) is 0 Å². The Hall–Kier alpha value is -0.740. The second-order valence-corrected chi connectivity index (χ2v) is 4.71. The quantitative estimate of drug-likeness (QED) is 0.921. The van der Waals surface area contributed by atoms with E-state index < -0.39 is 5.54 Å². The van der Waals surface area contributed by atoms with Gasteiger partial charge >= 0.3 is 0 Å². The molecule has 0 aliphatic heterocycles. The highest BCUT2D eigenvalue weighted by molar-refractivity contribution is 9.10. The molecule has 0 heterocycles. The minimum atomic E-state index is -0.415. The summed E-state index contributed by atoms with van der Waals surface area (Å²) in [5.41, 5.74) is 6.58. The molecule has 0 saturated carbocycles. The smallest absolute Gasteiger partial charge is 0.137 e. The van der Waals surface area contributed by atoms with Gasteiger partial charge in [0.2, 0.25) is 0 Å². The average Bonchev–Trinajstić information content (AvgIpc) is 2.16. The highest BCUT2D eigenvalue weighted by Crippen LogP contribution is 2.37. The average molecular weight is 274 g/mol. The van der Waals surface area contributed by atoms with Gasteiger partial charge in [-0.1, -0.05) is 0 Å². The second kappa shape index (κ2) is 4.41. The van der Waals surface area contributed by atoms with Crippen molar-refractivity contribution in [3.8, 4) is 11.5 Å². The van der Waals surface area contributed by atoms with Crippen molar-refractivity contribution in [2.75, 3.05) is 14.2 Å². The first-order chi connectivity index (χ1) is 6.90. The first-order valence-corrected chi connectivity index (χ1v) is 5.40. The van der Waals surface area contributed by atoms with Crippen molar-refractivity contribution < 1.29 is 9.47 Å². The molecule has 0 aliphatic carbocycles. The summed E-state index contributed by atoms with van der Waals surface area (Å²) in [7, 11) is 3.24. The standard InChI is InChI=1S/C11H16BrNO2/c1-11(2,13)7-5-8(14-3)10(12)9(6-7)15-4/h5-6H,13H2,1-4H3. The number of rotatable bonds is 3. The maximum atomic E-state index is 6.03. The molecule has 1 aromatic carbocycles. The van der Waals surface area contributed by atoms with Crippen LogP contribution in [0.25, 0.3) is 0 Å². The number of nitrogens with two attached hydrogens (primary N) is 1. The van der Waals surface area contributed by atoms with Gasteiger partial charge in [-0.2, -0.15) is 0 Å². The van der Waals surface area contributed by atoms with Crippen LogP contribution in [-0.2, 0) is 5.54 Å². The van der Waals surface area contributed by atoms with Gasteiger partial charge in [-0.25, -0.2) is 0 Å². The summed E-state index contributed by atoms with van der Waals surface area (Å²) in [5.74, 6) is 1.45. The fourth-order valence-corrected chi connectivity index (χ4v) is 1.79. The van der Waals surface area contributed by atoms with Crippen molar-refractivity contribution in [2.45, 2.75) is 19.4 Å². The minimum Gasteiger partial charge on any atom is -0.495 e. The molecule has 0 fully saturated rings. The van der Waals surface area contributed by atoms with E-state index in [9.17, 15) is 0 Å². The largest absolute Gasteiger partial charge is 0.495 e. The van der Waals surface area contributed by atoms with Crippen LogP contribution < -0.4 is 15.2 Å². The first kappa shape index (κ1) is 12.3. The summed E-state index contributed by atoms with van der Waals surface area (Å²) in [4.78, 5) is 0. The third-order valence-corrected chi connectivity index (χ3v) is 2.97. The zero-order valence-corrected chi connectivity index (χ0v) is 11.0. The van der Waals surface area contributed by atoms with Gasteiger partial charge in [0.1, 0.15) is 16.0 Å². The monoisotopic (exact) mass is 273 g/mol. The molecular weight excluding hydrogens is 258 g/mol. The van der Waals surface area contributed by atoms with Gasteiger partial charge in [0, 0.05) is 5.54 Å². The Bertz CT molecular complexity index is 333. The van der Waals surface area contributed by atoms with E-state index in [2.05, 4.69) is 15.9 Å². The Morgan fingerprint density at radius 2 is 1.53 bits per heavy atom. The van der Waals surface area contributed by atoms with Gasteiger partial charge in [-0.3, -0.25) is 0 Å². The fraction of sp³-hybridized carbons (Fsp3) is 0.455. The molecule has 84 valence electrons. The van der Waals surface area contributed by atoms with Crippen molar-refractivity contribution in [1.29, 1.82) is 0 Å². The summed E-state index contributed by atoms with van der Waals surface area (Å²) in [6.07, 6.45) is 0. The van der Waals surface area contributed by atoms with Gasteiger partial charge in [-0.15, -0.1) is 0 Å². The van der Waals surface area contributed by atoms with Crippen molar-refractivity contribution in [1.82, 2.24) is 0 Å². The van der Waals surface area contributed by atoms with Crippen LogP contribution in [0.3, 0.4) is 0 Å². The molecule has 0 radical (unpaired) electrons. The summed E-state index contributed by atoms with van der Waals surface area (Å²) in [6, 6.07) is 3.82. The number of hydrogen-bond donors (Lipinski definition) is 1. The normalized spacial score (nSPS) is 11.3. The number of methoxy groups -OCH3 is 2. The van der Waals surface area contributed by atoms with Crippen LogP contribution in [0.4, 0.5) is 0 Å². The SMILES string of the molecule is COc1cc(C(C)(C)N)cc(OC)c1Br. The molecule has 0 bridgehead atoms. The lowest BCUT2D eigenvalue weighted by atomic mass is 9.95. The van der Waals surface area contributed by atoms with Crippen molar-refractivity contribution in [3.63, 3.8) is 0 Å². The molecule has 0 aromatic heterocycles. The summed E-state index contributed by atoms with van der Waals surface area (Å²) in [5, 5.41) is 0. The van der Waals surface area contributed by atoms with Crippen molar-refractivity contribution in [3.05, 3.63) is 22.2 Å². The van der Waals surface area contributed by atoms with Crippen LogP contribution in [0, 0.1) is 0 Å². The first-order valence-electron chi connectivity index (χ1n) is 4.61. The molecule has 0 aliphatic rings. The summed E-state index contributed by atoms with van der Waals surface area (Å²) in [6.45, 7) is 3.88. The van der Waals surface area contributed by atoms with Crippen LogP contribution in [0.15, 0.2) is 16.6 Å². The van der Waals surface area contributed by atoms with Crippen LogP contribution in [0.1, 0.15) is 19.4 Å². The molecule has 2 N–H and O–H groups in total. The zero-order chi connectivity index (χ0) is 11.6. The van der Waals surface area contributed by atoms with Crippen LogP contribution in [0.5, 0.6) is 11.5 Å². The van der Waals surface area contributed by atoms with Crippen LogP contribution >= 0.6 is 15.9 Å². The predicted octanol–water partition coefficient (Wildman–Crippen LogP) is 2.66. The maximum absolute atomic E-state index is 6.03. The third-order valence-electron chi connectivity index (χ3n) is 2.19. The molecule has 0 spiro atoms. The molecule has 15 heavy (non-hydrogen) atoms. The van der Waals surface area contributed by atoms with E-state index in [4.69, 9.17) is 15.2 Å².